The van der Waals surface area contributed by atoms with Crippen molar-refractivity contribution in [3.8, 4) is 0 Å². The summed E-state index contributed by atoms with van der Waals surface area (Å²) >= 11 is 5.62. The van der Waals surface area contributed by atoms with Crippen molar-refractivity contribution in [1.29, 1.82) is 0 Å². The van der Waals surface area contributed by atoms with Crippen LogP contribution in [0.15, 0.2) is 29.0 Å². The van der Waals surface area contributed by atoms with Crippen LogP contribution in [0.4, 0.5) is 14.6 Å². The van der Waals surface area contributed by atoms with E-state index in [1.54, 1.807) is 12.1 Å². The number of anilines is 1. The second kappa shape index (κ2) is 5.31. The fraction of sp³-hybridized carbons (Fsp3) is 0.364. The summed E-state index contributed by atoms with van der Waals surface area (Å²) in [5.41, 5.74) is 0.629. The number of fused-ring (bicyclic) bond motifs is 1. The van der Waals surface area contributed by atoms with Crippen molar-refractivity contribution in [3.05, 3.63) is 24.6 Å². The molecule has 0 aromatic carbocycles. The van der Waals surface area contributed by atoms with Gasteiger partial charge in [0.15, 0.2) is 0 Å². The molecular formula is C11H11ClF2N2O. The summed E-state index contributed by atoms with van der Waals surface area (Å²) in [6, 6.07) is 3.41. The van der Waals surface area contributed by atoms with Gasteiger partial charge in [-0.05, 0) is 12.1 Å². The lowest BCUT2D eigenvalue weighted by atomic mass is 10.3. The summed E-state index contributed by atoms with van der Waals surface area (Å²) < 4.78 is 30.2. The fourth-order valence-corrected chi connectivity index (χ4v) is 1.89. The average molecular weight is 261 g/mol. The minimum atomic E-state index is -2.43. The molecule has 2 heterocycles. The van der Waals surface area contributed by atoms with E-state index < -0.39 is 6.43 Å². The van der Waals surface area contributed by atoms with Crippen molar-refractivity contribution in [2.24, 2.45) is 0 Å². The zero-order valence-corrected chi connectivity index (χ0v) is 9.70. The molecule has 0 unspecified atom stereocenters. The lowest BCUT2D eigenvalue weighted by Gasteiger charge is -2.22. The third-order valence-electron chi connectivity index (χ3n) is 2.37. The molecule has 0 fully saturated rings. The lowest BCUT2D eigenvalue weighted by Crippen LogP contribution is -2.31. The largest absolute Gasteiger partial charge is 0.464 e. The number of hydrogen-bond acceptors (Lipinski definition) is 3. The molecule has 0 aliphatic rings. The Kier molecular flexibility index (Phi) is 3.78. The highest BCUT2D eigenvalue weighted by atomic mass is 35.5. The van der Waals surface area contributed by atoms with Crippen LogP contribution in [0.25, 0.3) is 11.0 Å². The molecular weight excluding hydrogens is 250 g/mol. The molecule has 0 spiro atoms. The smallest absolute Gasteiger partial charge is 0.255 e. The fourth-order valence-electron chi connectivity index (χ4n) is 1.68. The molecule has 0 amide bonds. The average Bonchev–Trinajstić information content (AvgIpc) is 2.75. The molecule has 17 heavy (non-hydrogen) atoms. The molecule has 0 saturated heterocycles. The van der Waals surface area contributed by atoms with Crippen LogP contribution >= 0.6 is 11.6 Å². The Morgan fingerprint density at radius 3 is 2.94 bits per heavy atom. The third kappa shape index (κ3) is 2.66. The van der Waals surface area contributed by atoms with Crippen molar-refractivity contribution in [1.82, 2.24) is 4.98 Å². The van der Waals surface area contributed by atoms with Gasteiger partial charge in [0.05, 0.1) is 18.2 Å². The summed E-state index contributed by atoms with van der Waals surface area (Å²) in [5.74, 6) is 0.750. The summed E-state index contributed by atoms with van der Waals surface area (Å²) in [6.07, 6.45) is 0.618. The number of alkyl halides is 3. The van der Waals surface area contributed by atoms with Crippen LogP contribution in [0.3, 0.4) is 0 Å². The molecule has 0 radical (unpaired) electrons. The third-order valence-corrected chi connectivity index (χ3v) is 2.54. The van der Waals surface area contributed by atoms with Gasteiger partial charge in [0.1, 0.15) is 11.4 Å². The van der Waals surface area contributed by atoms with E-state index >= 15 is 0 Å². The van der Waals surface area contributed by atoms with E-state index in [1.807, 2.05) is 0 Å². The number of halogens is 3. The Labute approximate surface area is 102 Å². The number of hydrogen-bond donors (Lipinski definition) is 0. The van der Waals surface area contributed by atoms with Gasteiger partial charge >= 0.3 is 0 Å². The summed E-state index contributed by atoms with van der Waals surface area (Å²) in [6.45, 7) is -0.0623. The molecule has 3 nitrogen and oxygen atoms in total. The van der Waals surface area contributed by atoms with Crippen molar-refractivity contribution in [2.75, 3.05) is 23.9 Å². The quantitative estimate of drug-likeness (QED) is 0.774. The summed E-state index contributed by atoms with van der Waals surface area (Å²) in [4.78, 5) is 5.59. The normalized spacial score (nSPS) is 11.3. The molecule has 0 atom stereocenters. The first kappa shape index (κ1) is 12.1. The first-order valence-electron chi connectivity index (χ1n) is 5.13. The molecule has 0 aliphatic carbocycles. The van der Waals surface area contributed by atoms with Crippen molar-refractivity contribution in [2.45, 2.75) is 6.43 Å². The zero-order chi connectivity index (χ0) is 12.3. The van der Waals surface area contributed by atoms with Crippen LogP contribution in [0.1, 0.15) is 0 Å². The van der Waals surface area contributed by atoms with E-state index in [0.717, 1.165) is 5.39 Å². The number of pyridine rings is 1. The Balaban J connectivity index is 2.36. The van der Waals surface area contributed by atoms with Crippen molar-refractivity contribution >= 4 is 28.4 Å². The number of aromatic nitrogens is 1. The second-order valence-corrected chi connectivity index (χ2v) is 3.87. The molecule has 2 rings (SSSR count). The van der Waals surface area contributed by atoms with Crippen LogP contribution in [0.5, 0.6) is 0 Å². The monoisotopic (exact) mass is 260 g/mol. The van der Waals surface area contributed by atoms with Gasteiger partial charge in [-0.15, -0.1) is 11.6 Å². The molecule has 6 heteroatoms. The zero-order valence-electron chi connectivity index (χ0n) is 8.94. The Hall–Kier alpha value is -1.36. The highest BCUT2D eigenvalue weighted by Crippen LogP contribution is 2.25. The Bertz CT molecular complexity index is 489. The van der Waals surface area contributed by atoms with Crippen LogP contribution in [-0.2, 0) is 0 Å². The summed E-state index contributed by atoms with van der Waals surface area (Å²) in [7, 11) is 0. The van der Waals surface area contributed by atoms with Crippen LogP contribution < -0.4 is 4.90 Å². The van der Waals surface area contributed by atoms with Crippen molar-refractivity contribution in [3.63, 3.8) is 0 Å². The van der Waals surface area contributed by atoms with Gasteiger partial charge in [-0.25, -0.2) is 13.8 Å². The van der Waals surface area contributed by atoms with Gasteiger partial charge in [-0.2, -0.15) is 0 Å². The van der Waals surface area contributed by atoms with Crippen LogP contribution in [0.2, 0.25) is 0 Å². The predicted molar refractivity (Wildman–Crippen MR) is 62.9 cm³/mol. The highest BCUT2D eigenvalue weighted by molar-refractivity contribution is 6.18. The maximum Gasteiger partial charge on any atom is 0.255 e. The topological polar surface area (TPSA) is 29.3 Å². The van der Waals surface area contributed by atoms with Gasteiger partial charge < -0.3 is 9.32 Å². The minimum Gasteiger partial charge on any atom is -0.464 e. The van der Waals surface area contributed by atoms with Gasteiger partial charge in [-0.1, -0.05) is 0 Å². The molecule has 2 aromatic rings. The van der Waals surface area contributed by atoms with Crippen LogP contribution in [-0.4, -0.2) is 30.4 Å². The van der Waals surface area contributed by atoms with Crippen molar-refractivity contribution < 1.29 is 13.2 Å². The molecule has 0 aliphatic heterocycles. The second-order valence-electron chi connectivity index (χ2n) is 3.49. The molecule has 92 valence electrons. The van der Waals surface area contributed by atoms with Gasteiger partial charge in [0.25, 0.3) is 6.43 Å². The van der Waals surface area contributed by atoms with E-state index in [-0.39, 0.29) is 12.4 Å². The van der Waals surface area contributed by atoms with E-state index in [2.05, 4.69) is 4.98 Å². The van der Waals surface area contributed by atoms with E-state index in [4.69, 9.17) is 16.0 Å². The first-order chi connectivity index (χ1) is 8.22. The maximum absolute atomic E-state index is 12.5. The van der Waals surface area contributed by atoms with E-state index in [1.165, 1.54) is 17.4 Å². The maximum atomic E-state index is 12.5. The number of rotatable bonds is 5. The first-order valence-corrected chi connectivity index (χ1v) is 5.67. The molecule has 2 aromatic heterocycles. The van der Waals surface area contributed by atoms with Gasteiger partial charge in [-0.3, -0.25) is 0 Å². The number of furan rings is 1. The van der Waals surface area contributed by atoms with E-state index in [9.17, 15) is 8.78 Å². The summed E-state index contributed by atoms with van der Waals surface area (Å²) in [5, 5.41) is 0.721. The van der Waals surface area contributed by atoms with Gasteiger partial charge in [0, 0.05) is 18.6 Å². The molecule has 0 saturated carbocycles. The predicted octanol–water partition coefficient (Wildman–Crippen LogP) is 3.14. The molecule has 0 N–H and O–H groups in total. The lowest BCUT2D eigenvalue weighted by molar-refractivity contribution is 0.155. The van der Waals surface area contributed by atoms with E-state index in [0.29, 0.717) is 17.9 Å². The SMILES string of the molecule is FC(F)CN(CCCl)c1nccc2occc12. The Morgan fingerprint density at radius 2 is 2.24 bits per heavy atom. The Morgan fingerprint density at radius 1 is 1.41 bits per heavy atom. The van der Waals surface area contributed by atoms with Gasteiger partial charge in [0.2, 0.25) is 0 Å². The number of nitrogens with zero attached hydrogens (tertiary/aromatic N) is 2. The standard InChI is InChI=1S/C11H11ClF2N2O/c12-3-5-16(7-10(13)14)11-8-2-6-17-9(8)1-4-15-11/h1-2,4,6,10H,3,5,7H2. The minimum absolute atomic E-state index is 0.267. The highest BCUT2D eigenvalue weighted by Gasteiger charge is 2.16. The molecule has 0 bridgehead atoms. The van der Waals surface area contributed by atoms with Crippen LogP contribution in [0, 0.1) is 0 Å².